The van der Waals surface area contributed by atoms with Crippen LogP contribution in [0.15, 0.2) is 70.0 Å². The molecule has 1 aliphatic rings. The summed E-state index contributed by atoms with van der Waals surface area (Å²) in [6.07, 6.45) is 5.15. The predicted molar refractivity (Wildman–Crippen MR) is 78.9 cm³/mol. The summed E-state index contributed by atoms with van der Waals surface area (Å²) in [4.78, 5) is 1.22. The van der Waals surface area contributed by atoms with E-state index in [4.69, 9.17) is 0 Å². The van der Waals surface area contributed by atoms with Gasteiger partial charge in [-0.2, -0.15) is 0 Å². The van der Waals surface area contributed by atoms with Gasteiger partial charge in [-0.3, -0.25) is 0 Å². The number of hydrogen-bond acceptors (Lipinski definition) is 2. The van der Waals surface area contributed by atoms with E-state index in [-0.39, 0.29) is 0 Å². The van der Waals surface area contributed by atoms with Gasteiger partial charge in [0.25, 0.3) is 0 Å². The first-order chi connectivity index (χ1) is 8.92. The molecule has 2 heteroatoms. The minimum atomic E-state index is 0.887. The first-order valence-electron chi connectivity index (χ1n) is 5.97. The van der Waals surface area contributed by atoms with Crippen molar-refractivity contribution in [1.82, 2.24) is 0 Å². The van der Waals surface area contributed by atoms with Crippen LogP contribution >= 0.6 is 11.9 Å². The van der Waals surface area contributed by atoms with E-state index in [0.29, 0.717) is 0 Å². The molecule has 0 spiro atoms. The molecule has 0 aromatic heterocycles. The highest BCUT2D eigenvalue weighted by Gasteiger charge is 2.05. The van der Waals surface area contributed by atoms with Gasteiger partial charge in [-0.25, -0.2) is 4.40 Å². The van der Waals surface area contributed by atoms with Crippen LogP contribution in [0.4, 0.5) is 0 Å². The summed E-state index contributed by atoms with van der Waals surface area (Å²) in [7, 11) is 0. The average molecular weight is 251 g/mol. The Labute approximate surface area is 111 Å². The Balaban J connectivity index is 1.83. The molecule has 88 valence electrons. The van der Waals surface area contributed by atoms with E-state index in [1.54, 1.807) is 11.9 Å². The summed E-state index contributed by atoms with van der Waals surface area (Å²) in [5.41, 5.74) is 3.66. The number of nitrogens with zero attached hydrogens (tertiary/aromatic N) is 1. The Hall–Kier alpha value is -1.80. The lowest BCUT2D eigenvalue weighted by Crippen LogP contribution is -1.97. The number of allylic oxidation sites excluding steroid dienone is 1. The monoisotopic (exact) mass is 251 g/mol. The summed E-state index contributed by atoms with van der Waals surface area (Å²) >= 11 is 1.56. The van der Waals surface area contributed by atoms with E-state index in [1.165, 1.54) is 16.0 Å². The Morgan fingerprint density at radius 1 is 0.833 bits per heavy atom. The molecule has 0 aliphatic carbocycles. The van der Waals surface area contributed by atoms with Crippen molar-refractivity contribution >= 4 is 23.7 Å². The Morgan fingerprint density at radius 2 is 1.61 bits per heavy atom. The first kappa shape index (κ1) is 11.3. The van der Waals surface area contributed by atoms with Gasteiger partial charge in [-0.15, -0.1) is 0 Å². The van der Waals surface area contributed by atoms with Gasteiger partial charge in [-0.1, -0.05) is 54.6 Å². The van der Waals surface area contributed by atoms with Crippen LogP contribution in [0, 0.1) is 0 Å². The maximum absolute atomic E-state index is 4.61. The Morgan fingerprint density at radius 3 is 2.50 bits per heavy atom. The molecule has 1 aliphatic heterocycles. The molecule has 0 saturated heterocycles. The minimum Gasteiger partial charge on any atom is -0.216 e. The second-order valence-electron chi connectivity index (χ2n) is 4.21. The third kappa shape index (κ3) is 2.54. The molecule has 2 aromatic carbocycles. The largest absolute Gasteiger partial charge is 0.216 e. The quantitative estimate of drug-likeness (QED) is 0.720. The van der Waals surface area contributed by atoms with Crippen molar-refractivity contribution in [3.63, 3.8) is 0 Å². The molecule has 1 nitrogen and oxygen atoms in total. The molecule has 0 amide bonds. The van der Waals surface area contributed by atoms with Gasteiger partial charge in [0.1, 0.15) is 0 Å². The van der Waals surface area contributed by atoms with Gasteiger partial charge < -0.3 is 0 Å². The van der Waals surface area contributed by atoms with Crippen molar-refractivity contribution in [2.75, 3.05) is 0 Å². The van der Waals surface area contributed by atoms with Crippen LogP contribution in [0.25, 0.3) is 6.08 Å². The zero-order chi connectivity index (χ0) is 12.2. The molecule has 3 rings (SSSR count). The molecule has 0 fully saturated rings. The highest BCUT2D eigenvalue weighted by Crippen LogP contribution is 2.27. The lowest BCUT2D eigenvalue weighted by molar-refractivity contribution is 1.34. The van der Waals surface area contributed by atoms with Crippen molar-refractivity contribution in [1.29, 1.82) is 0 Å². The number of rotatable bonds is 2. The summed E-state index contributed by atoms with van der Waals surface area (Å²) in [6.45, 7) is 0. The van der Waals surface area contributed by atoms with Crippen molar-refractivity contribution in [3.05, 3.63) is 71.8 Å². The molecule has 0 bridgehead atoms. The number of benzene rings is 2. The maximum atomic E-state index is 4.61. The standard InChI is InChI=1S/C16H13NS/c1-2-6-13(7-3-1)12-15-11-10-14-8-4-5-9-16(14)18-17-15/h1-11H,12H2. The third-order valence-corrected chi connectivity index (χ3v) is 3.76. The second kappa shape index (κ2) is 5.23. The maximum Gasteiger partial charge on any atom is 0.0535 e. The van der Waals surface area contributed by atoms with E-state index in [2.05, 4.69) is 65.1 Å². The van der Waals surface area contributed by atoms with Gasteiger partial charge in [0, 0.05) is 23.3 Å². The molecule has 0 N–H and O–H groups in total. The zero-order valence-electron chi connectivity index (χ0n) is 9.91. The molecule has 0 radical (unpaired) electrons. The summed E-state index contributed by atoms with van der Waals surface area (Å²) in [5.74, 6) is 0. The molecular formula is C16H13NS. The van der Waals surface area contributed by atoms with E-state index < -0.39 is 0 Å². The van der Waals surface area contributed by atoms with E-state index in [1.807, 2.05) is 6.07 Å². The fourth-order valence-electron chi connectivity index (χ4n) is 1.92. The lowest BCUT2D eigenvalue weighted by Gasteiger charge is -2.00. The molecule has 18 heavy (non-hydrogen) atoms. The minimum absolute atomic E-state index is 0.887. The second-order valence-corrected chi connectivity index (χ2v) is 5.01. The number of fused-ring (bicyclic) bond motifs is 1. The SMILES string of the molecule is C1=Cc2ccccc2SN=C1Cc1ccccc1. The van der Waals surface area contributed by atoms with Gasteiger partial charge in [-0.05, 0) is 23.3 Å². The third-order valence-electron chi connectivity index (χ3n) is 2.86. The first-order valence-corrected chi connectivity index (χ1v) is 6.74. The Kier molecular flexibility index (Phi) is 3.29. The van der Waals surface area contributed by atoms with Gasteiger partial charge in [0.05, 0.1) is 5.71 Å². The highest BCUT2D eigenvalue weighted by molar-refractivity contribution is 7.98. The van der Waals surface area contributed by atoms with Gasteiger partial charge >= 0.3 is 0 Å². The van der Waals surface area contributed by atoms with Crippen molar-refractivity contribution < 1.29 is 0 Å². The highest BCUT2D eigenvalue weighted by atomic mass is 32.2. The van der Waals surface area contributed by atoms with Crippen molar-refractivity contribution in [2.24, 2.45) is 4.40 Å². The zero-order valence-corrected chi connectivity index (χ0v) is 10.7. The van der Waals surface area contributed by atoms with Gasteiger partial charge in [0.15, 0.2) is 0 Å². The van der Waals surface area contributed by atoms with E-state index in [0.717, 1.165) is 12.1 Å². The molecule has 0 atom stereocenters. The van der Waals surface area contributed by atoms with Gasteiger partial charge in [0.2, 0.25) is 0 Å². The van der Waals surface area contributed by atoms with E-state index >= 15 is 0 Å². The van der Waals surface area contributed by atoms with Crippen LogP contribution in [-0.2, 0) is 6.42 Å². The molecule has 1 heterocycles. The van der Waals surface area contributed by atoms with Crippen LogP contribution in [0.5, 0.6) is 0 Å². The average Bonchev–Trinajstić information content (AvgIpc) is 2.63. The summed E-state index contributed by atoms with van der Waals surface area (Å²) in [6, 6.07) is 18.8. The molecule has 2 aromatic rings. The van der Waals surface area contributed by atoms with Crippen molar-refractivity contribution in [2.45, 2.75) is 11.3 Å². The fourth-order valence-corrected chi connectivity index (χ4v) is 2.64. The Bertz CT molecular complexity index is 600. The van der Waals surface area contributed by atoms with Crippen LogP contribution < -0.4 is 0 Å². The summed E-state index contributed by atoms with van der Waals surface area (Å²) < 4.78 is 4.61. The van der Waals surface area contributed by atoms with E-state index in [9.17, 15) is 0 Å². The van der Waals surface area contributed by atoms with Crippen LogP contribution in [0.1, 0.15) is 11.1 Å². The van der Waals surface area contributed by atoms with Crippen LogP contribution in [0.3, 0.4) is 0 Å². The lowest BCUT2D eigenvalue weighted by atomic mass is 10.1. The van der Waals surface area contributed by atoms with Crippen LogP contribution in [-0.4, -0.2) is 5.71 Å². The molecule has 0 unspecified atom stereocenters. The fraction of sp³-hybridized carbons (Fsp3) is 0.0625. The van der Waals surface area contributed by atoms with Crippen molar-refractivity contribution in [3.8, 4) is 0 Å². The normalized spacial score (nSPS) is 13.7. The molecule has 0 saturated carbocycles. The molecular weight excluding hydrogens is 238 g/mol. The number of hydrogen-bond donors (Lipinski definition) is 0. The predicted octanol–water partition coefficient (Wildman–Crippen LogP) is 4.40. The summed E-state index contributed by atoms with van der Waals surface area (Å²) in [5, 5.41) is 0. The topological polar surface area (TPSA) is 12.4 Å². The van der Waals surface area contributed by atoms with Crippen LogP contribution in [0.2, 0.25) is 0 Å². The smallest absolute Gasteiger partial charge is 0.0535 e.